The Morgan fingerprint density at radius 2 is 1.67 bits per heavy atom. The van der Waals surface area contributed by atoms with Gasteiger partial charge < -0.3 is 15.0 Å². The van der Waals surface area contributed by atoms with E-state index in [-0.39, 0.29) is 31.1 Å². The topological polar surface area (TPSA) is 148 Å². The minimum absolute atomic E-state index is 0.153. The molecule has 49 heavy (non-hydrogen) atoms. The summed E-state index contributed by atoms with van der Waals surface area (Å²) in [6, 6.07) is 19.3. The van der Waals surface area contributed by atoms with Gasteiger partial charge in [-0.15, -0.1) is 0 Å². The number of carbonyl (C=O) groups is 3. The van der Waals surface area contributed by atoms with Crippen LogP contribution in [0, 0.1) is 17.8 Å². The fraction of sp³-hybridized carbons (Fsp3) is 0.432. The summed E-state index contributed by atoms with van der Waals surface area (Å²) in [4.78, 5) is 52.8. The van der Waals surface area contributed by atoms with Gasteiger partial charge in [0.05, 0.1) is 23.3 Å². The molecular weight excluding hydrogens is 643 g/mol. The van der Waals surface area contributed by atoms with Gasteiger partial charge in [-0.2, -0.15) is 0 Å². The number of allylic oxidation sites excluding steroid dienone is 1. The van der Waals surface area contributed by atoms with E-state index in [0.717, 1.165) is 30.4 Å². The van der Waals surface area contributed by atoms with Crippen LogP contribution in [0.5, 0.6) is 5.75 Å². The van der Waals surface area contributed by atoms with Crippen molar-refractivity contribution in [2.24, 2.45) is 17.8 Å². The molecule has 3 amide bonds. The minimum Gasteiger partial charge on any atom is -0.486 e. The van der Waals surface area contributed by atoms with Crippen LogP contribution in [0.25, 0.3) is 22.6 Å². The Kier molecular flexibility index (Phi) is 8.99. The first-order valence-corrected chi connectivity index (χ1v) is 18.6. The lowest BCUT2D eigenvalue weighted by molar-refractivity contribution is -0.140. The smallest absolute Gasteiger partial charge is 0.259 e. The molecule has 0 spiro atoms. The Bertz CT molecular complexity index is 1870. The predicted molar refractivity (Wildman–Crippen MR) is 183 cm³/mol. The Hall–Kier alpha value is -4.58. The molecule has 0 saturated heterocycles. The molecule has 2 N–H and O–H groups in total. The van der Waals surface area contributed by atoms with Gasteiger partial charge in [-0.1, -0.05) is 72.8 Å². The van der Waals surface area contributed by atoms with Crippen LogP contribution < -0.4 is 14.8 Å². The van der Waals surface area contributed by atoms with Crippen molar-refractivity contribution in [3.8, 4) is 28.4 Å². The standard InChI is InChI=1S/C37H41N5O6S/c1-42-19-11-3-2-10-16-26-22-37(26,36(45)41-49(46,47)28-17-18-28)40-34(43)29-20-27(21-30(29)35(42)44)48-31-23-38-33(25-14-8-5-9-15-25)39-32(31)24-12-6-4-7-13-24/h4-10,12-16,23,26-30H,2-3,11,17-22H2,1H3,(H,40,43)(H,41,45)/b16-10+/t26-,27+,29+,30+,37-/m0/s1. The molecule has 3 aromatic rings. The van der Waals surface area contributed by atoms with E-state index in [4.69, 9.17) is 9.72 Å². The molecule has 0 bridgehead atoms. The molecule has 3 saturated carbocycles. The Balaban J connectivity index is 1.17. The van der Waals surface area contributed by atoms with Gasteiger partial charge in [0.25, 0.3) is 5.91 Å². The van der Waals surface area contributed by atoms with Crippen molar-refractivity contribution in [3.05, 3.63) is 79.0 Å². The number of benzene rings is 2. The highest BCUT2D eigenvalue weighted by Gasteiger charge is 2.62. The summed E-state index contributed by atoms with van der Waals surface area (Å²) in [6.45, 7) is 0.560. The van der Waals surface area contributed by atoms with Crippen LogP contribution >= 0.6 is 0 Å². The largest absolute Gasteiger partial charge is 0.486 e. The summed E-state index contributed by atoms with van der Waals surface area (Å²) in [5.74, 6) is -2.16. The molecule has 4 aliphatic rings. The van der Waals surface area contributed by atoms with Gasteiger partial charge in [-0.3, -0.25) is 19.1 Å². The van der Waals surface area contributed by atoms with Crippen molar-refractivity contribution in [3.63, 3.8) is 0 Å². The maximum atomic E-state index is 14.1. The molecule has 0 radical (unpaired) electrons. The molecule has 11 nitrogen and oxygen atoms in total. The number of rotatable bonds is 7. The normalized spacial score (nSPS) is 28.0. The van der Waals surface area contributed by atoms with Crippen molar-refractivity contribution in [1.82, 2.24) is 24.9 Å². The molecule has 1 aromatic heterocycles. The van der Waals surface area contributed by atoms with Crippen LogP contribution in [0.15, 0.2) is 79.0 Å². The third kappa shape index (κ3) is 6.96. The number of amides is 3. The van der Waals surface area contributed by atoms with Crippen LogP contribution in [-0.2, 0) is 24.4 Å². The molecule has 3 fully saturated rings. The van der Waals surface area contributed by atoms with E-state index in [1.54, 1.807) is 18.1 Å². The van der Waals surface area contributed by atoms with E-state index < -0.39 is 50.6 Å². The second-order valence-corrected chi connectivity index (χ2v) is 15.7. The number of nitrogens with zero attached hydrogens (tertiary/aromatic N) is 3. The predicted octanol–water partition coefficient (Wildman–Crippen LogP) is 4.27. The average Bonchev–Trinajstić information content (AvgIpc) is 4.03. The second-order valence-electron chi connectivity index (χ2n) is 13.7. The van der Waals surface area contributed by atoms with Gasteiger partial charge in [0.15, 0.2) is 11.6 Å². The maximum absolute atomic E-state index is 14.1. The number of aromatic nitrogens is 2. The van der Waals surface area contributed by atoms with Gasteiger partial charge in [0, 0.05) is 30.6 Å². The third-order valence-electron chi connectivity index (χ3n) is 10.1. The van der Waals surface area contributed by atoms with Crippen molar-refractivity contribution >= 4 is 27.7 Å². The molecule has 5 atom stereocenters. The van der Waals surface area contributed by atoms with E-state index in [1.165, 1.54) is 0 Å². The Morgan fingerprint density at radius 3 is 2.39 bits per heavy atom. The first kappa shape index (κ1) is 32.9. The summed E-state index contributed by atoms with van der Waals surface area (Å²) < 4.78 is 34.3. The highest BCUT2D eigenvalue weighted by Crippen LogP contribution is 2.47. The van der Waals surface area contributed by atoms with Crippen molar-refractivity contribution in [1.29, 1.82) is 0 Å². The first-order valence-electron chi connectivity index (χ1n) is 17.1. The van der Waals surface area contributed by atoms with Crippen molar-refractivity contribution in [2.75, 3.05) is 13.6 Å². The number of carbonyl (C=O) groups excluding carboxylic acids is 3. The lowest BCUT2D eigenvalue weighted by atomic mass is 9.93. The van der Waals surface area contributed by atoms with Crippen LogP contribution in [-0.4, -0.2) is 71.5 Å². The quantitative estimate of drug-likeness (QED) is 0.351. The number of sulfonamides is 1. The summed E-state index contributed by atoms with van der Waals surface area (Å²) in [7, 11) is -2.06. The molecule has 0 unspecified atom stereocenters. The van der Waals surface area contributed by atoms with Crippen LogP contribution in [0.2, 0.25) is 0 Å². The molecule has 12 heteroatoms. The third-order valence-corrected chi connectivity index (χ3v) is 11.9. The number of nitrogens with one attached hydrogen (secondary N) is 2. The van der Waals surface area contributed by atoms with Gasteiger partial charge in [-0.25, -0.2) is 18.4 Å². The van der Waals surface area contributed by atoms with E-state index >= 15 is 0 Å². The SMILES string of the molecule is CN1CCCC/C=C/[C@H]2C[C@]2(C(=O)NS(=O)(=O)C2CC2)NC(=O)[C@@H]2C[C@@H](Oc3cnc(-c4ccccc4)nc3-c3ccccc3)C[C@H]2C1=O. The molecular formula is C37H41N5O6S. The van der Waals surface area contributed by atoms with Gasteiger partial charge in [0.1, 0.15) is 17.3 Å². The fourth-order valence-corrected chi connectivity index (χ4v) is 8.42. The summed E-state index contributed by atoms with van der Waals surface area (Å²) in [5, 5.41) is 2.36. The van der Waals surface area contributed by atoms with Crippen molar-refractivity contribution in [2.45, 2.75) is 68.3 Å². The highest BCUT2D eigenvalue weighted by molar-refractivity contribution is 7.91. The molecule has 3 aliphatic carbocycles. The summed E-state index contributed by atoms with van der Waals surface area (Å²) >= 11 is 0. The van der Waals surface area contributed by atoms with Crippen LogP contribution in [0.3, 0.4) is 0 Å². The molecule has 2 heterocycles. The number of fused-ring (bicyclic) bond motifs is 2. The van der Waals surface area contributed by atoms with Crippen molar-refractivity contribution < 1.29 is 27.5 Å². The Labute approximate surface area is 286 Å². The Morgan fingerprint density at radius 1 is 0.980 bits per heavy atom. The molecule has 7 rings (SSSR count). The average molecular weight is 684 g/mol. The second kappa shape index (κ2) is 13.4. The lowest BCUT2D eigenvalue weighted by Gasteiger charge is -2.26. The zero-order valence-corrected chi connectivity index (χ0v) is 28.3. The molecule has 1 aliphatic heterocycles. The van der Waals surface area contributed by atoms with E-state index in [1.807, 2.05) is 72.8 Å². The van der Waals surface area contributed by atoms with Crippen LogP contribution in [0.1, 0.15) is 51.4 Å². The summed E-state index contributed by atoms with van der Waals surface area (Å²) in [6.07, 6.45) is 9.23. The number of hydrogen-bond donors (Lipinski definition) is 2. The zero-order valence-electron chi connectivity index (χ0n) is 27.5. The maximum Gasteiger partial charge on any atom is 0.259 e. The molecule has 2 aromatic carbocycles. The minimum atomic E-state index is -3.82. The number of hydrogen-bond acceptors (Lipinski definition) is 8. The number of ether oxygens (including phenoxy) is 1. The zero-order chi connectivity index (χ0) is 34.2. The van der Waals surface area contributed by atoms with Crippen LogP contribution in [0.4, 0.5) is 0 Å². The lowest BCUT2D eigenvalue weighted by Crippen LogP contribution is -2.54. The van der Waals surface area contributed by atoms with E-state index in [9.17, 15) is 22.8 Å². The molecule has 256 valence electrons. The summed E-state index contributed by atoms with van der Waals surface area (Å²) in [5.41, 5.74) is 0.905. The monoisotopic (exact) mass is 683 g/mol. The van der Waals surface area contributed by atoms with Gasteiger partial charge in [-0.05, 0) is 51.4 Å². The van der Waals surface area contributed by atoms with E-state index in [2.05, 4.69) is 15.0 Å². The highest BCUT2D eigenvalue weighted by atomic mass is 32.2. The van der Waals surface area contributed by atoms with E-state index in [0.29, 0.717) is 36.7 Å². The fourth-order valence-electron chi connectivity index (χ4n) is 7.06. The first-order chi connectivity index (χ1) is 23.6. The van der Waals surface area contributed by atoms with Gasteiger partial charge >= 0.3 is 0 Å². The van der Waals surface area contributed by atoms with Gasteiger partial charge in [0.2, 0.25) is 21.8 Å².